The highest BCUT2D eigenvalue weighted by Crippen LogP contribution is 2.36. The van der Waals surface area contributed by atoms with Gasteiger partial charge in [-0.25, -0.2) is 4.98 Å². The van der Waals surface area contributed by atoms with Gasteiger partial charge in [-0.15, -0.1) is 0 Å². The van der Waals surface area contributed by atoms with Crippen molar-refractivity contribution in [3.05, 3.63) is 76.0 Å². The van der Waals surface area contributed by atoms with E-state index in [-0.39, 0.29) is 11.8 Å². The zero-order valence-corrected chi connectivity index (χ0v) is 21.7. The maximum atomic E-state index is 12.9. The highest BCUT2D eigenvalue weighted by atomic mass is 35.5. The van der Waals surface area contributed by atoms with Crippen LogP contribution in [0, 0.1) is 6.92 Å². The number of carbonyl (C=O) groups excluding carboxylic acids is 1. The van der Waals surface area contributed by atoms with Crippen molar-refractivity contribution in [3.8, 4) is 11.1 Å². The zero-order chi connectivity index (χ0) is 25.4. The van der Waals surface area contributed by atoms with Gasteiger partial charge in [0.25, 0.3) is 0 Å². The van der Waals surface area contributed by atoms with Crippen LogP contribution in [-0.2, 0) is 0 Å². The van der Waals surface area contributed by atoms with Gasteiger partial charge < -0.3 is 16.0 Å². The number of anilines is 3. The van der Waals surface area contributed by atoms with Gasteiger partial charge in [0.1, 0.15) is 5.82 Å². The fourth-order valence-electron chi connectivity index (χ4n) is 4.51. The Morgan fingerprint density at radius 3 is 2.50 bits per heavy atom. The standard InChI is InChI=1S/C28H27Cl2N5O/c1-3-26(36)22-14-32-25-6-4-17(18-11-23(29)16(2)24(30)12-18)10-21(25)28(22)34-20-5-7-27(33-13-20)35-9-8-19(31)15-35/h4-7,10-14,19H,3,8-9,15,31H2,1-2H3,(H,32,34). The van der Waals surface area contributed by atoms with Crippen LogP contribution in [0.4, 0.5) is 17.2 Å². The first-order valence-electron chi connectivity index (χ1n) is 12.0. The molecule has 0 spiro atoms. The Balaban J connectivity index is 1.57. The van der Waals surface area contributed by atoms with Crippen LogP contribution in [0.3, 0.4) is 0 Å². The Morgan fingerprint density at radius 1 is 1.08 bits per heavy atom. The van der Waals surface area contributed by atoms with Crippen molar-refractivity contribution in [2.24, 2.45) is 5.73 Å². The Labute approximate surface area is 220 Å². The SMILES string of the molecule is CCC(=O)c1cnc2ccc(-c3cc(Cl)c(C)c(Cl)c3)cc2c1Nc1ccc(N2CCC(N)C2)nc1. The maximum absolute atomic E-state index is 12.9. The number of fused-ring (bicyclic) bond motifs is 1. The van der Waals surface area contributed by atoms with Crippen molar-refractivity contribution in [2.45, 2.75) is 32.7 Å². The van der Waals surface area contributed by atoms with Gasteiger partial charge >= 0.3 is 0 Å². The fraction of sp³-hybridized carbons (Fsp3) is 0.250. The molecule has 3 N–H and O–H groups in total. The lowest BCUT2D eigenvalue weighted by Gasteiger charge is -2.18. The number of aromatic nitrogens is 2. The fourth-order valence-corrected chi connectivity index (χ4v) is 4.99. The first kappa shape index (κ1) is 24.5. The van der Waals surface area contributed by atoms with Crippen LogP contribution in [0.1, 0.15) is 35.7 Å². The van der Waals surface area contributed by atoms with E-state index in [2.05, 4.69) is 20.2 Å². The number of hydrogen-bond acceptors (Lipinski definition) is 6. The molecule has 6 nitrogen and oxygen atoms in total. The van der Waals surface area contributed by atoms with E-state index in [9.17, 15) is 4.79 Å². The van der Waals surface area contributed by atoms with Crippen LogP contribution in [0.2, 0.25) is 10.0 Å². The summed E-state index contributed by atoms with van der Waals surface area (Å²) >= 11 is 12.8. The number of nitrogens with zero attached hydrogens (tertiary/aromatic N) is 3. The monoisotopic (exact) mass is 519 g/mol. The van der Waals surface area contributed by atoms with Gasteiger partial charge in [-0.1, -0.05) is 36.2 Å². The predicted molar refractivity (Wildman–Crippen MR) is 149 cm³/mol. The molecule has 0 amide bonds. The molecule has 1 atom stereocenters. The summed E-state index contributed by atoms with van der Waals surface area (Å²) in [5.41, 5.74) is 11.5. The normalized spacial score (nSPS) is 15.5. The molecule has 2 aromatic carbocycles. The molecule has 184 valence electrons. The second kappa shape index (κ2) is 10.1. The molecule has 1 aliphatic rings. The number of carbonyl (C=O) groups is 1. The smallest absolute Gasteiger partial charge is 0.166 e. The molecule has 0 saturated carbocycles. The second-order valence-electron chi connectivity index (χ2n) is 9.15. The van der Waals surface area contributed by atoms with Gasteiger partial charge in [0, 0.05) is 47.2 Å². The summed E-state index contributed by atoms with van der Waals surface area (Å²) in [5.74, 6) is 0.905. The Kier molecular flexibility index (Phi) is 6.84. The number of hydrogen-bond donors (Lipinski definition) is 2. The molecule has 8 heteroatoms. The lowest BCUT2D eigenvalue weighted by Crippen LogP contribution is -2.26. The number of ketones is 1. The summed E-state index contributed by atoms with van der Waals surface area (Å²) in [4.78, 5) is 24.2. The number of pyridine rings is 2. The lowest BCUT2D eigenvalue weighted by atomic mass is 9.99. The van der Waals surface area contributed by atoms with Gasteiger partial charge in [-0.05, 0) is 66.4 Å². The quantitative estimate of drug-likeness (QED) is 0.273. The molecule has 0 bridgehead atoms. The summed E-state index contributed by atoms with van der Waals surface area (Å²) in [7, 11) is 0. The molecular formula is C28H27Cl2N5O. The van der Waals surface area contributed by atoms with Crippen molar-refractivity contribution in [3.63, 3.8) is 0 Å². The average molecular weight is 520 g/mol. The minimum Gasteiger partial charge on any atom is -0.355 e. The van der Waals surface area contributed by atoms with Crippen LogP contribution in [0.25, 0.3) is 22.0 Å². The molecule has 1 aliphatic heterocycles. The third-order valence-corrected chi connectivity index (χ3v) is 7.45. The molecule has 0 aliphatic carbocycles. The molecule has 2 aromatic heterocycles. The molecule has 1 saturated heterocycles. The first-order chi connectivity index (χ1) is 17.3. The topological polar surface area (TPSA) is 84.1 Å². The van der Waals surface area contributed by atoms with E-state index in [0.29, 0.717) is 27.7 Å². The van der Waals surface area contributed by atoms with Crippen molar-refractivity contribution in [2.75, 3.05) is 23.3 Å². The molecular weight excluding hydrogens is 493 g/mol. The number of Topliss-reactive ketones (excluding diaryl/α,β-unsaturated/α-hetero) is 1. The van der Waals surface area contributed by atoms with Crippen LogP contribution >= 0.6 is 23.2 Å². The highest BCUT2D eigenvalue weighted by Gasteiger charge is 2.20. The van der Waals surface area contributed by atoms with Crippen molar-refractivity contribution < 1.29 is 4.79 Å². The molecule has 5 rings (SSSR count). The van der Waals surface area contributed by atoms with Crippen LogP contribution in [0.5, 0.6) is 0 Å². The van der Waals surface area contributed by atoms with Gasteiger partial charge in [0.15, 0.2) is 5.78 Å². The van der Waals surface area contributed by atoms with Gasteiger partial charge in [-0.2, -0.15) is 0 Å². The number of halogens is 2. The number of nitrogens with one attached hydrogen (secondary N) is 1. The van der Waals surface area contributed by atoms with Crippen molar-refractivity contribution >= 4 is 57.1 Å². The zero-order valence-electron chi connectivity index (χ0n) is 20.2. The molecule has 1 fully saturated rings. The van der Waals surface area contributed by atoms with E-state index >= 15 is 0 Å². The van der Waals surface area contributed by atoms with Gasteiger partial charge in [0.2, 0.25) is 0 Å². The predicted octanol–water partition coefficient (Wildman–Crippen LogP) is 6.79. The van der Waals surface area contributed by atoms with Crippen LogP contribution in [-0.4, -0.2) is 34.9 Å². The molecule has 4 aromatic rings. The van der Waals surface area contributed by atoms with Gasteiger partial charge in [0.05, 0.1) is 28.7 Å². The highest BCUT2D eigenvalue weighted by molar-refractivity contribution is 6.36. The maximum Gasteiger partial charge on any atom is 0.166 e. The largest absolute Gasteiger partial charge is 0.355 e. The molecule has 0 radical (unpaired) electrons. The van der Waals surface area contributed by atoms with E-state index < -0.39 is 0 Å². The second-order valence-corrected chi connectivity index (χ2v) is 9.96. The van der Waals surface area contributed by atoms with Crippen molar-refractivity contribution in [1.82, 2.24) is 9.97 Å². The summed E-state index contributed by atoms with van der Waals surface area (Å²) in [6.07, 6.45) is 4.77. The third kappa shape index (κ3) is 4.76. The van der Waals surface area contributed by atoms with Crippen LogP contribution < -0.4 is 16.0 Å². The van der Waals surface area contributed by atoms with E-state index in [1.165, 1.54) is 0 Å². The minimum atomic E-state index is 0.00867. The lowest BCUT2D eigenvalue weighted by molar-refractivity contribution is 0.0989. The molecule has 3 heterocycles. The summed E-state index contributed by atoms with van der Waals surface area (Å²) in [6, 6.07) is 13.9. The number of rotatable bonds is 6. The van der Waals surface area contributed by atoms with Crippen LogP contribution in [0.15, 0.2) is 54.9 Å². The van der Waals surface area contributed by atoms with Crippen molar-refractivity contribution in [1.29, 1.82) is 0 Å². The summed E-state index contributed by atoms with van der Waals surface area (Å²) in [6.45, 7) is 5.45. The van der Waals surface area contributed by atoms with E-state index in [4.69, 9.17) is 28.9 Å². The molecule has 36 heavy (non-hydrogen) atoms. The number of nitrogens with two attached hydrogens (primary N) is 1. The average Bonchev–Trinajstić information content (AvgIpc) is 3.33. The minimum absolute atomic E-state index is 0.00867. The Bertz CT molecular complexity index is 1430. The Morgan fingerprint density at radius 2 is 1.86 bits per heavy atom. The van der Waals surface area contributed by atoms with E-state index in [0.717, 1.165) is 58.6 Å². The number of benzene rings is 2. The van der Waals surface area contributed by atoms with E-state index in [1.54, 1.807) is 12.4 Å². The molecule has 1 unspecified atom stereocenters. The summed E-state index contributed by atoms with van der Waals surface area (Å²) in [5, 5.41) is 5.49. The first-order valence-corrected chi connectivity index (χ1v) is 12.7. The Hall–Kier alpha value is -3.19. The third-order valence-electron chi connectivity index (χ3n) is 6.67. The van der Waals surface area contributed by atoms with Gasteiger partial charge in [-0.3, -0.25) is 9.78 Å². The van der Waals surface area contributed by atoms with E-state index in [1.807, 2.05) is 56.3 Å². The summed E-state index contributed by atoms with van der Waals surface area (Å²) < 4.78 is 0.